The van der Waals surface area contributed by atoms with Crippen LogP contribution >= 0.6 is 0 Å². The molecule has 1 atom stereocenters. The molecule has 2 aromatic carbocycles. The lowest BCUT2D eigenvalue weighted by atomic mass is 9.87. The minimum atomic E-state index is -1.75. The normalized spacial score (nSPS) is 13.5. The molecule has 0 radical (unpaired) electrons. The highest BCUT2D eigenvalue weighted by molar-refractivity contribution is 5.91. The van der Waals surface area contributed by atoms with Crippen LogP contribution < -0.4 is 0 Å². The Bertz CT molecular complexity index is 888. The predicted octanol–water partition coefficient (Wildman–Crippen LogP) is 2.78. The van der Waals surface area contributed by atoms with Crippen molar-refractivity contribution in [2.45, 2.75) is 12.5 Å². The molecule has 2 N–H and O–H groups in total. The van der Waals surface area contributed by atoms with Gasteiger partial charge in [-0.25, -0.2) is 0 Å². The zero-order valence-electron chi connectivity index (χ0n) is 12.0. The molecule has 0 spiro atoms. The Morgan fingerprint density at radius 1 is 1.23 bits per heavy atom. The third-order valence-electron chi connectivity index (χ3n) is 3.96. The number of nitriles is 1. The van der Waals surface area contributed by atoms with Crippen LogP contribution in [0.2, 0.25) is 0 Å². The molecule has 4 nitrogen and oxygen atoms in total. The van der Waals surface area contributed by atoms with E-state index in [1.165, 1.54) is 0 Å². The first-order valence-electron chi connectivity index (χ1n) is 6.86. The van der Waals surface area contributed by atoms with E-state index < -0.39 is 5.60 Å². The number of hydrogen-bond donors (Lipinski definition) is 2. The van der Waals surface area contributed by atoms with Crippen molar-refractivity contribution in [1.29, 1.82) is 5.26 Å². The fourth-order valence-corrected chi connectivity index (χ4v) is 2.71. The van der Waals surface area contributed by atoms with Gasteiger partial charge in [-0.2, -0.15) is 5.26 Å². The zero-order valence-corrected chi connectivity index (χ0v) is 12.0. The second-order valence-corrected chi connectivity index (χ2v) is 5.27. The number of nitrogens with one attached hydrogen (secondary N) is 1. The number of aldehydes is 1. The van der Waals surface area contributed by atoms with E-state index in [0.29, 0.717) is 23.0 Å². The average molecular weight is 290 g/mol. The summed E-state index contributed by atoms with van der Waals surface area (Å²) in [6.07, 6.45) is 2.18. The Hall–Kier alpha value is -2.90. The number of aromatic amines is 1. The van der Waals surface area contributed by atoms with Crippen molar-refractivity contribution in [2.24, 2.45) is 0 Å². The summed E-state index contributed by atoms with van der Waals surface area (Å²) in [6.45, 7) is 1.96. The van der Waals surface area contributed by atoms with Crippen LogP contribution in [0.15, 0.2) is 48.7 Å². The maximum Gasteiger partial charge on any atom is 0.172 e. The number of hydrogen-bond acceptors (Lipinski definition) is 3. The maximum atomic E-state index is 11.7. The molecule has 0 aliphatic carbocycles. The largest absolute Gasteiger partial charge is 0.373 e. The maximum absolute atomic E-state index is 11.7. The number of aryl methyl sites for hydroxylation is 1. The smallest absolute Gasteiger partial charge is 0.172 e. The molecule has 3 aromatic rings. The molecule has 108 valence electrons. The molecule has 0 aliphatic rings. The minimum Gasteiger partial charge on any atom is -0.373 e. The van der Waals surface area contributed by atoms with Gasteiger partial charge in [0, 0.05) is 22.7 Å². The van der Waals surface area contributed by atoms with Crippen LogP contribution in [0.1, 0.15) is 22.3 Å². The van der Waals surface area contributed by atoms with E-state index in [-0.39, 0.29) is 0 Å². The molecule has 0 fully saturated rings. The highest BCUT2D eigenvalue weighted by atomic mass is 16.3. The third kappa shape index (κ3) is 2.00. The molecule has 0 bridgehead atoms. The predicted molar refractivity (Wildman–Crippen MR) is 83.3 cm³/mol. The average Bonchev–Trinajstić information content (AvgIpc) is 3.00. The van der Waals surface area contributed by atoms with Crippen molar-refractivity contribution in [1.82, 2.24) is 4.98 Å². The summed E-state index contributed by atoms with van der Waals surface area (Å²) in [5.41, 5.74) is 1.60. The number of para-hydroxylation sites is 1. The monoisotopic (exact) mass is 290 g/mol. The van der Waals surface area contributed by atoms with E-state index >= 15 is 0 Å². The van der Waals surface area contributed by atoms with Crippen LogP contribution in [0.4, 0.5) is 0 Å². The molecule has 0 saturated carbocycles. The van der Waals surface area contributed by atoms with Gasteiger partial charge in [0.15, 0.2) is 11.9 Å². The Morgan fingerprint density at radius 3 is 2.59 bits per heavy atom. The van der Waals surface area contributed by atoms with Crippen LogP contribution in [0.25, 0.3) is 10.9 Å². The highest BCUT2D eigenvalue weighted by Gasteiger charge is 2.33. The van der Waals surface area contributed by atoms with Gasteiger partial charge in [0.1, 0.15) is 0 Å². The Labute approximate surface area is 127 Å². The molecule has 0 saturated heterocycles. The minimum absolute atomic E-state index is 0.434. The van der Waals surface area contributed by atoms with Crippen molar-refractivity contribution in [3.8, 4) is 6.07 Å². The van der Waals surface area contributed by atoms with E-state index in [4.69, 9.17) is 5.26 Å². The molecule has 4 heteroatoms. The molecule has 1 unspecified atom stereocenters. The van der Waals surface area contributed by atoms with Gasteiger partial charge in [-0.3, -0.25) is 4.79 Å². The number of fused-ring (bicyclic) bond motifs is 1. The summed E-state index contributed by atoms with van der Waals surface area (Å²) in [6, 6.07) is 14.1. The topological polar surface area (TPSA) is 76.9 Å². The standard InChI is InChI=1S/C18H14N2O2/c1-12-3-2-4-15-16(10-20-17(12)15)18(22,11-21)14-7-5-13(9-19)6-8-14/h2-8,10-11,20,22H,1H3. The van der Waals surface area contributed by atoms with E-state index in [1.54, 1.807) is 30.5 Å². The quantitative estimate of drug-likeness (QED) is 0.728. The van der Waals surface area contributed by atoms with Crippen LogP contribution in [-0.4, -0.2) is 16.4 Å². The highest BCUT2D eigenvalue weighted by Crippen LogP contribution is 2.34. The van der Waals surface area contributed by atoms with Gasteiger partial charge in [0.05, 0.1) is 11.6 Å². The SMILES string of the molecule is Cc1cccc2c(C(O)(C=O)c3ccc(C#N)cc3)c[nH]c12. The molecule has 1 aromatic heterocycles. The number of aliphatic hydroxyl groups is 1. The number of rotatable bonds is 3. The van der Waals surface area contributed by atoms with Gasteiger partial charge in [-0.05, 0) is 30.2 Å². The Balaban J connectivity index is 2.21. The first kappa shape index (κ1) is 14.1. The first-order chi connectivity index (χ1) is 10.6. The van der Waals surface area contributed by atoms with E-state index in [9.17, 15) is 9.90 Å². The molecule has 22 heavy (non-hydrogen) atoms. The molecular formula is C18H14N2O2. The summed E-state index contributed by atoms with van der Waals surface area (Å²) >= 11 is 0. The number of benzene rings is 2. The van der Waals surface area contributed by atoms with Crippen molar-refractivity contribution in [3.05, 3.63) is 70.9 Å². The summed E-state index contributed by atoms with van der Waals surface area (Å²) in [7, 11) is 0. The molecular weight excluding hydrogens is 276 g/mol. The Morgan fingerprint density at radius 2 is 1.95 bits per heavy atom. The lowest BCUT2D eigenvalue weighted by Crippen LogP contribution is -2.28. The second kappa shape index (κ2) is 5.14. The molecule has 0 amide bonds. The third-order valence-corrected chi connectivity index (χ3v) is 3.96. The fraction of sp³-hybridized carbons (Fsp3) is 0.111. The first-order valence-corrected chi connectivity index (χ1v) is 6.86. The summed E-state index contributed by atoms with van der Waals surface area (Å²) in [5, 5.41) is 20.6. The molecule has 1 heterocycles. The zero-order chi connectivity index (χ0) is 15.7. The van der Waals surface area contributed by atoms with Crippen LogP contribution in [0.5, 0.6) is 0 Å². The van der Waals surface area contributed by atoms with Crippen molar-refractivity contribution in [3.63, 3.8) is 0 Å². The van der Waals surface area contributed by atoms with E-state index in [1.807, 2.05) is 31.2 Å². The van der Waals surface area contributed by atoms with Gasteiger partial charge in [-0.15, -0.1) is 0 Å². The van der Waals surface area contributed by atoms with E-state index in [2.05, 4.69) is 4.98 Å². The second-order valence-electron chi connectivity index (χ2n) is 5.27. The van der Waals surface area contributed by atoms with Crippen LogP contribution in [0.3, 0.4) is 0 Å². The number of carbonyl (C=O) groups is 1. The van der Waals surface area contributed by atoms with Crippen molar-refractivity contribution in [2.75, 3.05) is 0 Å². The lowest BCUT2D eigenvalue weighted by Gasteiger charge is -2.22. The number of carbonyl (C=O) groups excluding carboxylic acids is 1. The van der Waals surface area contributed by atoms with Crippen molar-refractivity contribution >= 4 is 17.2 Å². The number of H-pyrrole nitrogens is 1. The summed E-state index contributed by atoms with van der Waals surface area (Å²) in [5.74, 6) is 0. The van der Waals surface area contributed by atoms with Gasteiger partial charge in [0.25, 0.3) is 0 Å². The van der Waals surface area contributed by atoms with Crippen molar-refractivity contribution < 1.29 is 9.90 Å². The molecule has 3 rings (SSSR count). The van der Waals surface area contributed by atoms with Gasteiger partial charge >= 0.3 is 0 Å². The van der Waals surface area contributed by atoms with Gasteiger partial charge < -0.3 is 10.1 Å². The Kier molecular flexibility index (Phi) is 3.28. The van der Waals surface area contributed by atoms with Crippen LogP contribution in [0, 0.1) is 18.3 Å². The lowest BCUT2D eigenvalue weighted by molar-refractivity contribution is -0.121. The van der Waals surface area contributed by atoms with E-state index in [0.717, 1.165) is 16.5 Å². The van der Waals surface area contributed by atoms with Crippen LogP contribution in [-0.2, 0) is 10.4 Å². The van der Waals surface area contributed by atoms with Gasteiger partial charge in [0.2, 0.25) is 0 Å². The van der Waals surface area contributed by atoms with Gasteiger partial charge in [-0.1, -0.05) is 30.3 Å². The summed E-state index contributed by atoms with van der Waals surface area (Å²) in [4.78, 5) is 14.8. The number of nitrogens with zero attached hydrogens (tertiary/aromatic N) is 1. The fourth-order valence-electron chi connectivity index (χ4n) is 2.71. The number of aromatic nitrogens is 1. The summed E-state index contributed by atoms with van der Waals surface area (Å²) < 4.78 is 0. The molecule has 0 aliphatic heterocycles.